The normalized spacial score (nSPS) is 38.4. The van der Waals surface area contributed by atoms with Crippen LogP contribution < -0.4 is 0 Å². The molecule has 0 unspecified atom stereocenters. The molecule has 1 aromatic rings. The van der Waals surface area contributed by atoms with E-state index in [1.54, 1.807) is 0 Å². The summed E-state index contributed by atoms with van der Waals surface area (Å²) in [5, 5.41) is 13.5. The second kappa shape index (κ2) is 4.34. The Balaban J connectivity index is 1.72. The standard InChI is InChI=1S/C16H22N2O2/c1-2-18-14(8-13(17-18)16(19)20)15-11-4-9-3-10(6-11)7-12(15)5-9/h8-12,15H,2-7H2,1H3,(H,19,20). The lowest BCUT2D eigenvalue weighted by Crippen LogP contribution is -2.44. The van der Waals surface area contributed by atoms with Crippen LogP contribution >= 0.6 is 0 Å². The quantitative estimate of drug-likeness (QED) is 0.921. The number of hydrogen-bond donors (Lipinski definition) is 1. The topological polar surface area (TPSA) is 55.1 Å². The minimum absolute atomic E-state index is 0.218. The van der Waals surface area contributed by atoms with E-state index in [-0.39, 0.29) is 5.69 Å². The third-order valence-corrected chi connectivity index (χ3v) is 5.90. The van der Waals surface area contributed by atoms with Crippen LogP contribution in [0.25, 0.3) is 0 Å². The van der Waals surface area contributed by atoms with Gasteiger partial charge in [-0.15, -0.1) is 0 Å². The molecule has 4 aliphatic rings. The fourth-order valence-electron chi connectivity index (χ4n) is 5.47. The van der Waals surface area contributed by atoms with Crippen molar-refractivity contribution in [1.29, 1.82) is 0 Å². The molecule has 0 aliphatic heterocycles. The van der Waals surface area contributed by atoms with Crippen LogP contribution in [-0.4, -0.2) is 20.9 Å². The third-order valence-electron chi connectivity index (χ3n) is 5.90. The van der Waals surface area contributed by atoms with E-state index in [9.17, 15) is 9.90 Å². The van der Waals surface area contributed by atoms with Gasteiger partial charge in [0.05, 0.1) is 0 Å². The second-order valence-corrected chi connectivity index (χ2v) is 7.03. The van der Waals surface area contributed by atoms with Crippen LogP contribution in [0.1, 0.15) is 61.1 Å². The molecule has 4 saturated carbocycles. The largest absolute Gasteiger partial charge is 0.476 e. The van der Waals surface area contributed by atoms with Gasteiger partial charge in [0.15, 0.2) is 5.69 Å². The van der Waals surface area contributed by atoms with Crippen molar-refractivity contribution >= 4 is 5.97 Å². The molecule has 4 bridgehead atoms. The molecular formula is C16H22N2O2. The Morgan fingerprint density at radius 3 is 2.35 bits per heavy atom. The third kappa shape index (κ3) is 1.73. The van der Waals surface area contributed by atoms with Crippen molar-refractivity contribution in [2.24, 2.45) is 23.7 Å². The first kappa shape index (κ1) is 12.4. The van der Waals surface area contributed by atoms with Crippen LogP contribution in [0.15, 0.2) is 6.07 Å². The van der Waals surface area contributed by atoms with Gasteiger partial charge in [-0.1, -0.05) is 0 Å². The second-order valence-electron chi connectivity index (χ2n) is 7.03. The van der Waals surface area contributed by atoms with Gasteiger partial charge in [-0.3, -0.25) is 4.68 Å². The Bertz CT molecular complexity index is 521. The Morgan fingerprint density at radius 1 is 1.25 bits per heavy atom. The number of nitrogens with zero attached hydrogens (tertiary/aromatic N) is 2. The molecule has 5 rings (SSSR count). The summed E-state index contributed by atoms with van der Waals surface area (Å²) < 4.78 is 1.94. The molecule has 0 aromatic carbocycles. The SMILES string of the molecule is CCn1nc(C(=O)O)cc1C1C2CC3CC(C2)CC1C3. The first-order chi connectivity index (χ1) is 9.65. The fraction of sp³-hybridized carbons (Fsp3) is 0.750. The van der Waals surface area contributed by atoms with Crippen molar-refractivity contribution in [1.82, 2.24) is 9.78 Å². The minimum Gasteiger partial charge on any atom is -0.476 e. The number of aryl methyl sites for hydroxylation is 1. The van der Waals surface area contributed by atoms with E-state index in [1.165, 1.54) is 37.8 Å². The van der Waals surface area contributed by atoms with Crippen molar-refractivity contribution in [3.8, 4) is 0 Å². The molecule has 0 saturated heterocycles. The lowest BCUT2D eigenvalue weighted by Gasteiger charge is -2.54. The van der Waals surface area contributed by atoms with E-state index in [0.29, 0.717) is 5.92 Å². The summed E-state index contributed by atoms with van der Waals surface area (Å²) in [5.41, 5.74) is 1.41. The molecule has 0 atom stereocenters. The highest BCUT2D eigenvalue weighted by molar-refractivity contribution is 5.85. The summed E-state index contributed by atoms with van der Waals surface area (Å²) >= 11 is 0. The Labute approximate surface area is 119 Å². The highest BCUT2D eigenvalue weighted by atomic mass is 16.4. The number of carboxylic acid groups (broad SMARTS) is 1. The van der Waals surface area contributed by atoms with Gasteiger partial charge in [0, 0.05) is 18.2 Å². The van der Waals surface area contributed by atoms with Crippen molar-refractivity contribution in [2.75, 3.05) is 0 Å². The van der Waals surface area contributed by atoms with Crippen LogP contribution in [-0.2, 0) is 6.54 Å². The zero-order valence-electron chi connectivity index (χ0n) is 12.0. The van der Waals surface area contributed by atoms with Gasteiger partial charge in [-0.2, -0.15) is 5.10 Å². The molecule has 0 spiro atoms. The Hall–Kier alpha value is -1.32. The monoisotopic (exact) mass is 274 g/mol. The average Bonchev–Trinajstić information content (AvgIpc) is 2.81. The summed E-state index contributed by atoms with van der Waals surface area (Å²) in [4.78, 5) is 11.2. The molecule has 1 N–H and O–H groups in total. The van der Waals surface area contributed by atoms with Crippen LogP contribution in [0.2, 0.25) is 0 Å². The van der Waals surface area contributed by atoms with Crippen LogP contribution in [0, 0.1) is 23.7 Å². The molecule has 0 amide bonds. The molecule has 1 heterocycles. The summed E-state index contributed by atoms with van der Waals surface area (Å²) in [6.45, 7) is 2.82. The Morgan fingerprint density at radius 2 is 1.85 bits per heavy atom. The molecule has 4 heteroatoms. The summed E-state index contributed by atoms with van der Waals surface area (Å²) in [6, 6.07) is 1.85. The summed E-state index contributed by atoms with van der Waals surface area (Å²) in [5.74, 6) is 3.10. The van der Waals surface area contributed by atoms with E-state index in [4.69, 9.17) is 0 Å². The summed E-state index contributed by atoms with van der Waals surface area (Å²) in [6.07, 6.45) is 6.88. The molecule has 4 nitrogen and oxygen atoms in total. The number of hydrogen-bond acceptors (Lipinski definition) is 2. The Kier molecular flexibility index (Phi) is 2.69. The number of aromatic carboxylic acids is 1. The number of aromatic nitrogens is 2. The van der Waals surface area contributed by atoms with Gasteiger partial charge >= 0.3 is 5.97 Å². The highest BCUT2D eigenvalue weighted by Crippen LogP contribution is 2.59. The molecule has 0 radical (unpaired) electrons. The lowest BCUT2D eigenvalue weighted by atomic mass is 9.51. The van der Waals surface area contributed by atoms with Crippen LogP contribution in [0.5, 0.6) is 0 Å². The molecule has 4 fully saturated rings. The first-order valence-corrected chi connectivity index (χ1v) is 7.96. The van der Waals surface area contributed by atoms with E-state index < -0.39 is 5.97 Å². The van der Waals surface area contributed by atoms with Gasteiger partial charge in [0.1, 0.15) is 0 Å². The van der Waals surface area contributed by atoms with E-state index in [0.717, 1.165) is 30.2 Å². The predicted octanol–water partition coefficient (Wildman–Crippen LogP) is 3.14. The highest BCUT2D eigenvalue weighted by Gasteiger charge is 2.49. The van der Waals surface area contributed by atoms with Crippen LogP contribution in [0.3, 0.4) is 0 Å². The predicted molar refractivity (Wildman–Crippen MR) is 74.6 cm³/mol. The van der Waals surface area contributed by atoms with Gasteiger partial charge in [-0.25, -0.2) is 4.79 Å². The van der Waals surface area contributed by atoms with Crippen molar-refractivity contribution < 1.29 is 9.90 Å². The van der Waals surface area contributed by atoms with E-state index >= 15 is 0 Å². The van der Waals surface area contributed by atoms with Gasteiger partial charge in [0.25, 0.3) is 0 Å². The molecule has 4 aliphatic carbocycles. The zero-order valence-corrected chi connectivity index (χ0v) is 12.0. The lowest BCUT2D eigenvalue weighted by molar-refractivity contribution is -0.00558. The molecule has 108 valence electrons. The maximum absolute atomic E-state index is 11.2. The first-order valence-electron chi connectivity index (χ1n) is 7.96. The van der Waals surface area contributed by atoms with E-state index in [2.05, 4.69) is 12.0 Å². The minimum atomic E-state index is -0.901. The van der Waals surface area contributed by atoms with Crippen molar-refractivity contribution in [3.63, 3.8) is 0 Å². The summed E-state index contributed by atoms with van der Waals surface area (Å²) in [7, 11) is 0. The van der Waals surface area contributed by atoms with E-state index in [1.807, 2.05) is 10.7 Å². The maximum atomic E-state index is 11.2. The molecular weight excluding hydrogens is 252 g/mol. The number of rotatable bonds is 3. The maximum Gasteiger partial charge on any atom is 0.356 e. The number of carboxylic acids is 1. The fourth-order valence-corrected chi connectivity index (χ4v) is 5.47. The number of carbonyl (C=O) groups is 1. The van der Waals surface area contributed by atoms with Gasteiger partial charge in [0.2, 0.25) is 0 Å². The smallest absolute Gasteiger partial charge is 0.356 e. The molecule has 20 heavy (non-hydrogen) atoms. The average molecular weight is 274 g/mol. The van der Waals surface area contributed by atoms with Gasteiger partial charge < -0.3 is 5.11 Å². The zero-order chi connectivity index (χ0) is 13.9. The van der Waals surface area contributed by atoms with Crippen LogP contribution in [0.4, 0.5) is 0 Å². The molecule has 1 aromatic heterocycles. The van der Waals surface area contributed by atoms with Gasteiger partial charge in [-0.05, 0) is 68.8 Å². The van der Waals surface area contributed by atoms with Crippen molar-refractivity contribution in [2.45, 2.75) is 51.5 Å². The van der Waals surface area contributed by atoms with Crippen molar-refractivity contribution in [3.05, 3.63) is 17.5 Å².